The lowest BCUT2D eigenvalue weighted by atomic mass is 10.2. The van der Waals surface area contributed by atoms with Gasteiger partial charge in [0, 0.05) is 30.9 Å². The van der Waals surface area contributed by atoms with Crippen LogP contribution in [0, 0.1) is 0 Å². The van der Waals surface area contributed by atoms with Gasteiger partial charge in [-0.1, -0.05) is 0 Å². The van der Waals surface area contributed by atoms with Crippen LogP contribution in [0.2, 0.25) is 0 Å². The quantitative estimate of drug-likeness (QED) is 0.837. The van der Waals surface area contributed by atoms with Gasteiger partial charge in [-0.05, 0) is 17.7 Å². The Morgan fingerprint density at radius 2 is 2.17 bits per heavy atom. The molecule has 0 aromatic carbocycles. The predicted molar refractivity (Wildman–Crippen MR) is 69.8 cm³/mol. The number of carbonyl (C=O) groups excluding carboxylic acids is 1. The first kappa shape index (κ1) is 12.7. The average molecular weight is 262 g/mol. The fourth-order valence-electron chi connectivity index (χ4n) is 1.45. The number of pyridine rings is 1. The summed E-state index contributed by atoms with van der Waals surface area (Å²) in [7, 11) is 0. The Balaban J connectivity index is 1.82. The van der Waals surface area contributed by atoms with Crippen LogP contribution in [-0.2, 0) is 24.3 Å². The molecule has 18 heavy (non-hydrogen) atoms. The van der Waals surface area contributed by atoms with Crippen LogP contribution in [0.25, 0.3) is 0 Å². The van der Waals surface area contributed by atoms with Gasteiger partial charge in [-0.15, -0.1) is 11.3 Å². The Morgan fingerprint density at radius 1 is 1.39 bits per heavy atom. The van der Waals surface area contributed by atoms with E-state index in [9.17, 15) is 4.79 Å². The van der Waals surface area contributed by atoms with Gasteiger partial charge in [0.2, 0.25) is 5.91 Å². The molecule has 5 nitrogen and oxygen atoms in total. The van der Waals surface area contributed by atoms with Crippen molar-refractivity contribution >= 4 is 17.2 Å². The fraction of sp³-hybridized carbons (Fsp3) is 0.250. The minimum Gasteiger partial charge on any atom is -0.352 e. The van der Waals surface area contributed by atoms with E-state index in [0.29, 0.717) is 19.5 Å². The second-order valence-electron chi connectivity index (χ2n) is 3.75. The number of rotatable bonds is 5. The van der Waals surface area contributed by atoms with Crippen molar-refractivity contribution < 1.29 is 4.79 Å². The minimum absolute atomic E-state index is 0.0410. The van der Waals surface area contributed by atoms with Gasteiger partial charge in [0.1, 0.15) is 5.01 Å². The number of aromatic nitrogens is 2. The first-order valence-electron chi connectivity index (χ1n) is 5.57. The van der Waals surface area contributed by atoms with Crippen molar-refractivity contribution in [3.05, 3.63) is 46.2 Å². The van der Waals surface area contributed by atoms with E-state index in [2.05, 4.69) is 15.3 Å². The first-order chi connectivity index (χ1) is 8.78. The summed E-state index contributed by atoms with van der Waals surface area (Å²) in [5, 5.41) is 5.56. The third-order valence-corrected chi connectivity index (χ3v) is 3.27. The highest BCUT2D eigenvalue weighted by molar-refractivity contribution is 7.09. The van der Waals surface area contributed by atoms with Crippen LogP contribution in [0.5, 0.6) is 0 Å². The number of hydrogen-bond donors (Lipinski definition) is 2. The summed E-state index contributed by atoms with van der Waals surface area (Å²) in [6.07, 6.45) is 3.70. The van der Waals surface area contributed by atoms with E-state index in [1.54, 1.807) is 12.4 Å². The number of amides is 1. The van der Waals surface area contributed by atoms with E-state index in [4.69, 9.17) is 5.73 Å². The zero-order valence-corrected chi connectivity index (χ0v) is 10.6. The molecule has 94 valence electrons. The standard InChI is InChI=1S/C12H14N4OS/c13-6-12-16-10(8-18-12)5-11(17)15-7-9-1-3-14-4-2-9/h1-4,8H,5-7,13H2,(H,15,17). The van der Waals surface area contributed by atoms with Crippen molar-refractivity contribution in [1.82, 2.24) is 15.3 Å². The Morgan fingerprint density at radius 3 is 2.83 bits per heavy atom. The largest absolute Gasteiger partial charge is 0.352 e. The molecule has 0 unspecified atom stereocenters. The maximum absolute atomic E-state index is 11.7. The van der Waals surface area contributed by atoms with Crippen LogP contribution in [0.3, 0.4) is 0 Å². The number of nitrogens with two attached hydrogens (primary N) is 1. The van der Waals surface area contributed by atoms with Crippen molar-refractivity contribution in [3.63, 3.8) is 0 Å². The van der Waals surface area contributed by atoms with Crippen LogP contribution in [0.15, 0.2) is 29.9 Å². The Labute approximate surface area is 109 Å². The number of nitrogens with zero attached hydrogens (tertiary/aromatic N) is 2. The molecule has 2 rings (SSSR count). The molecule has 2 aromatic heterocycles. The van der Waals surface area contributed by atoms with Crippen LogP contribution in [-0.4, -0.2) is 15.9 Å². The van der Waals surface area contributed by atoms with Gasteiger partial charge < -0.3 is 11.1 Å². The van der Waals surface area contributed by atoms with Gasteiger partial charge in [-0.25, -0.2) is 4.98 Å². The average Bonchev–Trinajstić information content (AvgIpc) is 2.85. The summed E-state index contributed by atoms with van der Waals surface area (Å²) >= 11 is 1.48. The van der Waals surface area contributed by atoms with Crippen molar-refractivity contribution in [2.24, 2.45) is 5.73 Å². The number of nitrogens with one attached hydrogen (secondary N) is 1. The van der Waals surface area contributed by atoms with Gasteiger partial charge in [-0.2, -0.15) is 0 Å². The summed E-state index contributed by atoms with van der Waals surface area (Å²) in [6, 6.07) is 3.74. The molecule has 0 fully saturated rings. The lowest BCUT2D eigenvalue weighted by Gasteiger charge is -2.03. The zero-order chi connectivity index (χ0) is 12.8. The molecule has 6 heteroatoms. The second kappa shape index (κ2) is 6.23. The Kier molecular flexibility index (Phi) is 4.38. The molecule has 3 N–H and O–H groups in total. The molecule has 0 aliphatic carbocycles. The van der Waals surface area contributed by atoms with Crippen molar-refractivity contribution in [1.29, 1.82) is 0 Å². The minimum atomic E-state index is -0.0410. The molecule has 0 aliphatic heterocycles. The van der Waals surface area contributed by atoms with Gasteiger partial charge in [0.05, 0.1) is 12.1 Å². The normalized spacial score (nSPS) is 10.3. The molecule has 0 aliphatic rings. The molecule has 2 heterocycles. The highest BCUT2D eigenvalue weighted by Gasteiger charge is 2.06. The van der Waals surface area contributed by atoms with Crippen LogP contribution in [0.4, 0.5) is 0 Å². The summed E-state index contributed by atoms with van der Waals surface area (Å²) in [4.78, 5) is 19.9. The Bertz CT molecular complexity index is 512. The van der Waals surface area contributed by atoms with E-state index < -0.39 is 0 Å². The highest BCUT2D eigenvalue weighted by atomic mass is 32.1. The summed E-state index contributed by atoms with van der Waals surface area (Å²) < 4.78 is 0. The lowest BCUT2D eigenvalue weighted by Crippen LogP contribution is -2.24. The van der Waals surface area contributed by atoms with E-state index in [1.165, 1.54) is 11.3 Å². The Hall–Kier alpha value is -1.79. The lowest BCUT2D eigenvalue weighted by molar-refractivity contribution is -0.120. The SMILES string of the molecule is NCc1nc(CC(=O)NCc2ccncc2)cs1. The van der Waals surface area contributed by atoms with Crippen molar-refractivity contribution in [3.8, 4) is 0 Å². The first-order valence-corrected chi connectivity index (χ1v) is 6.45. The summed E-state index contributed by atoms with van der Waals surface area (Å²) in [6.45, 7) is 0.929. The van der Waals surface area contributed by atoms with Crippen molar-refractivity contribution in [2.45, 2.75) is 19.5 Å². The van der Waals surface area contributed by atoms with E-state index in [-0.39, 0.29) is 5.91 Å². The number of carbonyl (C=O) groups is 1. The van der Waals surface area contributed by atoms with E-state index >= 15 is 0 Å². The molecule has 0 saturated heterocycles. The van der Waals surface area contributed by atoms with Gasteiger partial charge in [0.15, 0.2) is 0 Å². The molecule has 2 aromatic rings. The van der Waals surface area contributed by atoms with Crippen LogP contribution in [0.1, 0.15) is 16.3 Å². The third-order valence-electron chi connectivity index (χ3n) is 2.35. The van der Waals surface area contributed by atoms with Gasteiger partial charge >= 0.3 is 0 Å². The van der Waals surface area contributed by atoms with E-state index in [1.807, 2.05) is 17.5 Å². The highest BCUT2D eigenvalue weighted by Crippen LogP contribution is 2.09. The maximum atomic E-state index is 11.7. The van der Waals surface area contributed by atoms with Crippen LogP contribution < -0.4 is 11.1 Å². The fourth-order valence-corrected chi connectivity index (χ4v) is 2.13. The second-order valence-corrected chi connectivity index (χ2v) is 4.69. The maximum Gasteiger partial charge on any atom is 0.226 e. The molecule has 0 radical (unpaired) electrons. The molecule has 1 amide bonds. The third kappa shape index (κ3) is 3.61. The topological polar surface area (TPSA) is 80.9 Å². The van der Waals surface area contributed by atoms with Crippen LogP contribution >= 0.6 is 11.3 Å². The monoisotopic (exact) mass is 262 g/mol. The summed E-state index contributed by atoms with van der Waals surface area (Å²) in [5.41, 5.74) is 7.27. The van der Waals surface area contributed by atoms with Gasteiger partial charge in [-0.3, -0.25) is 9.78 Å². The predicted octanol–water partition coefficient (Wildman–Crippen LogP) is 0.856. The molecule has 0 atom stereocenters. The number of hydrogen-bond acceptors (Lipinski definition) is 5. The molecule has 0 spiro atoms. The molecular formula is C12H14N4OS. The molecule has 0 bridgehead atoms. The molecule has 0 saturated carbocycles. The number of thiazole rings is 1. The van der Waals surface area contributed by atoms with E-state index in [0.717, 1.165) is 16.3 Å². The smallest absolute Gasteiger partial charge is 0.226 e. The zero-order valence-electron chi connectivity index (χ0n) is 9.80. The summed E-state index contributed by atoms with van der Waals surface area (Å²) in [5.74, 6) is -0.0410. The molecular weight excluding hydrogens is 248 g/mol. The van der Waals surface area contributed by atoms with Crippen molar-refractivity contribution in [2.75, 3.05) is 0 Å². The van der Waals surface area contributed by atoms with Gasteiger partial charge in [0.25, 0.3) is 0 Å².